The molecule has 2 rings (SSSR count). The summed E-state index contributed by atoms with van der Waals surface area (Å²) in [6.07, 6.45) is 3.13. The molecule has 0 bridgehead atoms. The molecule has 0 atom stereocenters. The summed E-state index contributed by atoms with van der Waals surface area (Å²) in [6, 6.07) is 3.68. The number of rotatable bonds is 4. The number of benzene rings is 1. The van der Waals surface area contributed by atoms with Crippen LogP contribution in [0.1, 0.15) is 36.0 Å². The van der Waals surface area contributed by atoms with Crippen LogP contribution in [0.25, 0.3) is 0 Å². The Morgan fingerprint density at radius 2 is 1.64 bits per heavy atom. The molecular formula is C16H24N2O3S. The van der Waals surface area contributed by atoms with Crippen LogP contribution in [0, 0.1) is 20.8 Å². The summed E-state index contributed by atoms with van der Waals surface area (Å²) in [5, 5.41) is 0. The number of nitrogens with one attached hydrogen (secondary N) is 1. The van der Waals surface area contributed by atoms with Gasteiger partial charge in [-0.3, -0.25) is 4.79 Å². The van der Waals surface area contributed by atoms with Gasteiger partial charge in [-0.15, -0.1) is 0 Å². The van der Waals surface area contributed by atoms with Crippen molar-refractivity contribution >= 4 is 15.9 Å². The fourth-order valence-corrected chi connectivity index (χ4v) is 4.50. The van der Waals surface area contributed by atoms with E-state index < -0.39 is 10.0 Å². The van der Waals surface area contributed by atoms with Crippen molar-refractivity contribution in [1.82, 2.24) is 9.62 Å². The summed E-state index contributed by atoms with van der Waals surface area (Å²) in [6.45, 7) is 6.77. The van der Waals surface area contributed by atoms with Gasteiger partial charge < -0.3 is 4.90 Å². The van der Waals surface area contributed by atoms with Gasteiger partial charge in [0.2, 0.25) is 15.9 Å². The number of piperidine rings is 1. The van der Waals surface area contributed by atoms with E-state index in [1.54, 1.807) is 18.7 Å². The minimum absolute atomic E-state index is 0.148. The molecule has 1 aromatic rings. The van der Waals surface area contributed by atoms with Gasteiger partial charge in [-0.2, -0.15) is 0 Å². The van der Waals surface area contributed by atoms with Crippen molar-refractivity contribution in [1.29, 1.82) is 0 Å². The van der Waals surface area contributed by atoms with E-state index in [0.717, 1.165) is 37.9 Å². The van der Waals surface area contributed by atoms with Gasteiger partial charge in [0.15, 0.2) is 0 Å². The molecule has 122 valence electrons. The molecule has 0 aliphatic carbocycles. The van der Waals surface area contributed by atoms with Crippen molar-refractivity contribution in [2.45, 2.75) is 44.9 Å². The maximum Gasteiger partial charge on any atom is 0.241 e. The lowest BCUT2D eigenvalue weighted by molar-refractivity contribution is -0.130. The quantitative estimate of drug-likeness (QED) is 0.920. The third kappa shape index (κ3) is 3.87. The van der Waals surface area contributed by atoms with Gasteiger partial charge >= 0.3 is 0 Å². The molecule has 1 N–H and O–H groups in total. The van der Waals surface area contributed by atoms with Crippen molar-refractivity contribution in [3.8, 4) is 0 Å². The zero-order valence-corrected chi connectivity index (χ0v) is 14.3. The fraction of sp³-hybridized carbons (Fsp3) is 0.562. The number of carbonyl (C=O) groups is 1. The Bertz CT molecular complexity index is 639. The van der Waals surface area contributed by atoms with Gasteiger partial charge in [0, 0.05) is 13.1 Å². The number of amides is 1. The predicted molar refractivity (Wildman–Crippen MR) is 86.3 cm³/mol. The van der Waals surface area contributed by atoms with Gasteiger partial charge in [-0.1, -0.05) is 17.7 Å². The van der Waals surface area contributed by atoms with E-state index in [1.165, 1.54) is 0 Å². The van der Waals surface area contributed by atoms with Crippen LogP contribution < -0.4 is 4.72 Å². The third-order valence-electron chi connectivity index (χ3n) is 4.00. The van der Waals surface area contributed by atoms with Crippen LogP contribution in [0.15, 0.2) is 17.0 Å². The predicted octanol–water partition coefficient (Wildman–Crippen LogP) is 1.90. The van der Waals surface area contributed by atoms with E-state index in [4.69, 9.17) is 0 Å². The fourth-order valence-electron chi connectivity index (χ4n) is 3.07. The highest BCUT2D eigenvalue weighted by atomic mass is 32.2. The lowest BCUT2D eigenvalue weighted by Crippen LogP contribution is -2.42. The lowest BCUT2D eigenvalue weighted by atomic mass is 10.1. The number of aryl methyl sites for hydroxylation is 3. The standard InChI is InChI=1S/C16H24N2O3S/c1-12-9-13(2)16(14(3)10-12)22(20,21)17-11-15(19)18-7-5-4-6-8-18/h9-10,17H,4-8,11H2,1-3H3. The van der Waals surface area contributed by atoms with Crippen LogP contribution in [-0.4, -0.2) is 38.9 Å². The summed E-state index contributed by atoms with van der Waals surface area (Å²) in [5.41, 5.74) is 2.43. The molecule has 0 spiro atoms. The van der Waals surface area contributed by atoms with Crippen LogP contribution in [0.2, 0.25) is 0 Å². The number of carbonyl (C=O) groups excluding carboxylic acids is 1. The molecule has 1 fully saturated rings. The first-order valence-electron chi connectivity index (χ1n) is 7.66. The second-order valence-corrected chi connectivity index (χ2v) is 7.70. The number of hydrogen-bond donors (Lipinski definition) is 1. The summed E-state index contributed by atoms with van der Waals surface area (Å²) >= 11 is 0. The van der Waals surface area contributed by atoms with Crippen LogP contribution in [0.3, 0.4) is 0 Å². The molecular weight excluding hydrogens is 300 g/mol. The van der Waals surface area contributed by atoms with E-state index in [0.29, 0.717) is 11.1 Å². The van der Waals surface area contributed by atoms with Crippen molar-refractivity contribution in [2.24, 2.45) is 0 Å². The topological polar surface area (TPSA) is 66.5 Å². The van der Waals surface area contributed by atoms with Crippen LogP contribution in [0.4, 0.5) is 0 Å². The Kier molecular flexibility index (Phi) is 5.24. The van der Waals surface area contributed by atoms with E-state index in [2.05, 4.69) is 4.72 Å². The molecule has 5 nitrogen and oxygen atoms in total. The van der Waals surface area contributed by atoms with Crippen LogP contribution in [0.5, 0.6) is 0 Å². The molecule has 0 unspecified atom stereocenters. The Hall–Kier alpha value is -1.40. The Morgan fingerprint density at radius 3 is 2.18 bits per heavy atom. The van der Waals surface area contributed by atoms with Gasteiger partial charge in [-0.25, -0.2) is 13.1 Å². The minimum atomic E-state index is -3.67. The molecule has 1 aliphatic heterocycles. The smallest absolute Gasteiger partial charge is 0.241 e. The monoisotopic (exact) mass is 324 g/mol. The number of nitrogens with zero attached hydrogens (tertiary/aromatic N) is 1. The van der Waals surface area contributed by atoms with Gasteiger partial charge in [0.05, 0.1) is 11.4 Å². The molecule has 6 heteroatoms. The van der Waals surface area contributed by atoms with Crippen LogP contribution in [-0.2, 0) is 14.8 Å². The van der Waals surface area contributed by atoms with Gasteiger partial charge in [0.25, 0.3) is 0 Å². The molecule has 1 heterocycles. The molecule has 1 aromatic carbocycles. The molecule has 0 aromatic heterocycles. The molecule has 22 heavy (non-hydrogen) atoms. The second-order valence-electron chi connectivity index (χ2n) is 5.99. The first-order valence-corrected chi connectivity index (χ1v) is 9.15. The highest BCUT2D eigenvalue weighted by molar-refractivity contribution is 7.89. The highest BCUT2D eigenvalue weighted by Crippen LogP contribution is 2.21. The third-order valence-corrected chi connectivity index (χ3v) is 5.70. The van der Waals surface area contributed by atoms with Crippen molar-refractivity contribution in [3.63, 3.8) is 0 Å². The molecule has 1 amide bonds. The largest absolute Gasteiger partial charge is 0.342 e. The first-order chi connectivity index (χ1) is 10.3. The maximum atomic E-state index is 12.5. The first kappa shape index (κ1) is 17.0. The van der Waals surface area contributed by atoms with Crippen LogP contribution >= 0.6 is 0 Å². The normalized spacial score (nSPS) is 15.9. The maximum absolute atomic E-state index is 12.5. The average Bonchev–Trinajstić information content (AvgIpc) is 2.44. The Balaban J connectivity index is 2.10. The zero-order chi connectivity index (χ0) is 16.3. The lowest BCUT2D eigenvalue weighted by Gasteiger charge is -2.26. The van der Waals surface area contributed by atoms with Crippen molar-refractivity contribution in [2.75, 3.05) is 19.6 Å². The van der Waals surface area contributed by atoms with Gasteiger partial charge in [-0.05, 0) is 51.2 Å². The average molecular weight is 324 g/mol. The summed E-state index contributed by atoms with van der Waals surface area (Å²) < 4.78 is 27.4. The molecule has 0 saturated carbocycles. The van der Waals surface area contributed by atoms with E-state index in [-0.39, 0.29) is 17.3 Å². The highest BCUT2D eigenvalue weighted by Gasteiger charge is 2.23. The van der Waals surface area contributed by atoms with Crippen molar-refractivity contribution in [3.05, 3.63) is 28.8 Å². The minimum Gasteiger partial charge on any atom is -0.342 e. The van der Waals surface area contributed by atoms with E-state index in [9.17, 15) is 13.2 Å². The number of likely N-dealkylation sites (tertiary alicyclic amines) is 1. The Labute approximate surface area is 132 Å². The van der Waals surface area contributed by atoms with Crippen molar-refractivity contribution < 1.29 is 13.2 Å². The molecule has 1 saturated heterocycles. The number of hydrogen-bond acceptors (Lipinski definition) is 3. The second kappa shape index (κ2) is 6.79. The summed E-state index contributed by atoms with van der Waals surface area (Å²) in [7, 11) is -3.67. The SMILES string of the molecule is Cc1cc(C)c(S(=O)(=O)NCC(=O)N2CCCCC2)c(C)c1. The Morgan fingerprint density at radius 1 is 1.09 bits per heavy atom. The van der Waals surface area contributed by atoms with Gasteiger partial charge in [0.1, 0.15) is 0 Å². The summed E-state index contributed by atoms with van der Waals surface area (Å²) in [4.78, 5) is 14.1. The molecule has 1 aliphatic rings. The van der Waals surface area contributed by atoms with E-state index in [1.807, 2.05) is 19.1 Å². The van der Waals surface area contributed by atoms with E-state index >= 15 is 0 Å². The number of sulfonamides is 1. The summed E-state index contributed by atoms with van der Waals surface area (Å²) in [5.74, 6) is -0.148. The molecule has 0 radical (unpaired) electrons. The zero-order valence-electron chi connectivity index (χ0n) is 13.5.